The van der Waals surface area contributed by atoms with Gasteiger partial charge in [0.15, 0.2) is 0 Å². The molecule has 1 unspecified atom stereocenters. The second kappa shape index (κ2) is 14.0. The Kier molecular flexibility index (Phi) is 11.4. The third-order valence-electron chi connectivity index (χ3n) is 5.74. The molecule has 10 heteroatoms. The molecule has 0 aliphatic rings. The van der Waals surface area contributed by atoms with E-state index in [4.69, 9.17) is 4.74 Å². The van der Waals surface area contributed by atoms with Crippen LogP contribution >= 0.6 is 0 Å². The lowest BCUT2D eigenvalue weighted by Gasteiger charge is -2.30. The standard InChI is InChI=1S/C27H38FN3O5S/c1-6-36-25-15-10-9-14-24(25)31(37(5,34)35)17-11-16-26(32)30(19-22-12-7-8-13-23(22)28)21(4)27(33)29-18-20(2)3/h7-10,12-15,20-21H,6,11,16-19H2,1-5H3,(H,29,33). The highest BCUT2D eigenvalue weighted by atomic mass is 32.2. The number of carbonyl (C=O) groups is 2. The van der Waals surface area contributed by atoms with Crippen LogP contribution in [-0.4, -0.2) is 57.1 Å². The van der Waals surface area contributed by atoms with E-state index in [0.29, 0.717) is 30.2 Å². The Balaban J connectivity index is 2.21. The summed E-state index contributed by atoms with van der Waals surface area (Å²) in [5.41, 5.74) is 0.687. The summed E-state index contributed by atoms with van der Waals surface area (Å²) >= 11 is 0. The van der Waals surface area contributed by atoms with E-state index in [1.807, 2.05) is 20.8 Å². The van der Waals surface area contributed by atoms with Crippen LogP contribution in [0.4, 0.5) is 10.1 Å². The average Bonchev–Trinajstić information content (AvgIpc) is 2.84. The highest BCUT2D eigenvalue weighted by Crippen LogP contribution is 2.30. The van der Waals surface area contributed by atoms with E-state index in [0.717, 1.165) is 6.26 Å². The molecule has 37 heavy (non-hydrogen) atoms. The van der Waals surface area contributed by atoms with Crippen molar-refractivity contribution in [2.24, 2.45) is 5.92 Å². The molecule has 0 aromatic heterocycles. The quantitative estimate of drug-likeness (QED) is 0.395. The molecule has 2 amide bonds. The van der Waals surface area contributed by atoms with Crippen LogP contribution in [0.1, 0.15) is 46.1 Å². The van der Waals surface area contributed by atoms with Gasteiger partial charge in [-0.25, -0.2) is 12.8 Å². The first-order valence-corrected chi connectivity index (χ1v) is 14.3. The molecule has 2 aromatic carbocycles. The molecule has 2 aromatic rings. The molecule has 0 spiro atoms. The largest absolute Gasteiger partial charge is 0.492 e. The van der Waals surface area contributed by atoms with Gasteiger partial charge in [0.25, 0.3) is 0 Å². The molecule has 0 aliphatic carbocycles. The Hall–Kier alpha value is -3.14. The van der Waals surface area contributed by atoms with Crippen LogP contribution in [0.15, 0.2) is 48.5 Å². The zero-order chi connectivity index (χ0) is 27.6. The number of carbonyl (C=O) groups excluding carboxylic acids is 2. The highest BCUT2D eigenvalue weighted by Gasteiger charge is 2.28. The van der Waals surface area contributed by atoms with Gasteiger partial charge in [-0.2, -0.15) is 0 Å². The molecule has 0 saturated carbocycles. The van der Waals surface area contributed by atoms with Crippen LogP contribution in [0, 0.1) is 11.7 Å². The van der Waals surface area contributed by atoms with Gasteiger partial charge in [0.1, 0.15) is 17.6 Å². The number of ether oxygens (including phenoxy) is 1. The van der Waals surface area contributed by atoms with Crippen LogP contribution in [0.2, 0.25) is 0 Å². The number of hydrogen-bond acceptors (Lipinski definition) is 5. The molecule has 204 valence electrons. The lowest BCUT2D eigenvalue weighted by Crippen LogP contribution is -2.48. The number of benzene rings is 2. The molecule has 0 heterocycles. The summed E-state index contributed by atoms with van der Waals surface area (Å²) in [4.78, 5) is 27.4. The monoisotopic (exact) mass is 535 g/mol. The van der Waals surface area contributed by atoms with Crippen LogP contribution in [-0.2, 0) is 26.2 Å². The molecular formula is C27H38FN3O5S. The lowest BCUT2D eigenvalue weighted by molar-refractivity contribution is -0.140. The summed E-state index contributed by atoms with van der Waals surface area (Å²) in [5, 5.41) is 2.82. The molecule has 0 aliphatic heterocycles. The van der Waals surface area contributed by atoms with E-state index in [1.54, 1.807) is 49.4 Å². The number of amides is 2. The third-order valence-corrected chi connectivity index (χ3v) is 6.92. The Morgan fingerprint density at radius 2 is 1.70 bits per heavy atom. The SMILES string of the molecule is CCOc1ccccc1N(CCCC(=O)N(Cc1ccccc1F)C(C)C(=O)NCC(C)C)S(C)(=O)=O. The van der Waals surface area contributed by atoms with Gasteiger partial charge in [0.2, 0.25) is 21.8 Å². The van der Waals surface area contributed by atoms with E-state index < -0.39 is 21.9 Å². The average molecular weight is 536 g/mol. The Morgan fingerprint density at radius 1 is 1.05 bits per heavy atom. The molecule has 1 atom stereocenters. The maximum atomic E-state index is 14.4. The summed E-state index contributed by atoms with van der Waals surface area (Å²) < 4.78 is 46.4. The van der Waals surface area contributed by atoms with E-state index in [9.17, 15) is 22.4 Å². The van der Waals surface area contributed by atoms with Crippen molar-refractivity contribution in [3.8, 4) is 5.75 Å². The number of nitrogens with one attached hydrogen (secondary N) is 1. The van der Waals surface area contributed by atoms with Gasteiger partial charge < -0.3 is 15.0 Å². The fraction of sp³-hybridized carbons (Fsp3) is 0.481. The van der Waals surface area contributed by atoms with Gasteiger partial charge in [-0.15, -0.1) is 0 Å². The van der Waals surface area contributed by atoms with Crippen LogP contribution < -0.4 is 14.4 Å². The molecule has 8 nitrogen and oxygen atoms in total. The van der Waals surface area contributed by atoms with Gasteiger partial charge in [0, 0.05) is 31.6 Å². The zero-order valence-corrected chi connectivity index (χ0v) is 23.1. The van der Waals surface area contributed by atoms with Gasteiger partial charge in [0.05, 0.1) is 18.6 Å². The van der Waals surface area contributed by atoms with Crippen molar-refractivity contribution in [1.82, 2.24) is 10.2 Å². The number of para-hydroxylation sites is 2. The smallest absolute Gasteiger partial charge is 0.242 e. The summed E-state index contributed by atoms with van der Waals surface area (Å²) in [6.45, 7) is 8.12. The molecule has 0 radical (unpaired) electrons. The van der Waals surface area contributed by atoms with Gasteiger partial charge in [-0.3, -0.25) is 13.9 Å². The van der Waals surface area contributed by atoms with E-state index in [2.05, 4.69) is 5.32 Å². The minimum Gasteiger partial charge on any atom is -0.492 e. The van der Waals surface area contributed by atoms with Crippen molar-refractivity contribution in [3.05, 3.63) is 59.9 Å². The van der Waals surface area contributed by atoms with E-state index in [1.165, 1.54) is 15.3 Å². The Labute approximate surface area is 219 Å². The maximum absolute atomic E-state index is 14.4. The number of anilines is 1. The van der Waals surface area contributed by atoms with Crippen LogP contribution in [0.5, 0.6) is 5.75 Å². The van der Waals surface area contributed by atoms with Crippen molar-refractivity contribution >= 4 is 27.5 Å². The first-order valence-electron chi connectivity index (χ1n) is 12.5. The van der Waals surface area contributed by atoms with Crippen molar-refractivity contribution in [2.45, 2.75) is 53.1 Å². The van der Waals surface area contributed by atoms with Gasteiger partial charge >= 0.3 is 0 Å². The summed E-state index contributed by atoms with van der Waals surface area (Å²) in [6, 6.07) is 12.1. The maximum Gasteiger partial charge on any atom is 0.242 e. The molecule has 0 bridgehead atoms. The molecule has 2 rings (SSSR count). The number of halogens is 1. The van der Waals surface area contributed by atoms with Crippen molar-refractivity contribution in [2.75, 3.05) is 30.3 Å². The van der Waals surface area contributed by atoms with Crippen molar-refractivity contribution in [1.29, 1.82) is 0 Å². The van der Waals surface area contributed by atoms with E-state index >= 15 is 0 Å². The number of sulfonamides is 1. The van der Waals surface area contributed by atoms with E-state index in [-0.39, 0.29) is 43.7 Å². The number of rotatable bonds is 14. The molecule has 1 N–H and O–H groups in total. The van der Waals surface area contributed by atoms with Crippen molar-refractivity contribution < 1.29 is 27.1 Å². The number of hydrogen-bond donors (Lipinski definition) is 1. The Morgan fingerprint density at radius 3 is 2.32 bits per heavy atom. The summed E-state index contributed by atoms with van der Waals surface area (Å²) in [6.07, 6.45) is 1.27. The van der Waals surface area contributed by atoms with Crippen LogP contribution in [0.3, 0.4) is 0 Å². The predicted molar refractivity (Wildman–Crippen MR) is 143 cm³/mol. The minimum absolute atomic E-state index is 0.0287. The topological polar surface area (TPSA) is 96.0 Å². The molecule has 0 fully saturated rings. The summed E-state index contributed by atoms with van der Waals surface area (Å²) in [7, 11) is -3.66. The summed E-state index contributed by atoms with van der Waals surface area (Å²) in [5.74, 6) is -0.513. The fourth-order valence-electron chi connectivity index (χ4n) is 3.77. The second-order valence-electron chi connectivity index (χ2n) is 9.27. The van der Waals surface area contributed by atoms with Gasteiger partial charge in [-0.05, 0) is 44.4 Å². The fourth-order valence-corrected chi connectivity index (χ4v) is 4.74. The normalized spacial score (nSPS) is 12.2. The van der Waals surface area contributed by atoms with Crippen molar-refractivity contribution in [3.63, 3.8) is 0 Å². The second-order valence-corrected chi connectivity index (χ2v) is 11.2. The minimum atomic E-state index is -3.66. The van der Waals surface area contributed by atoms with Gasteiger partial charge in [-0.1, -0.05) is 44.2 Å². The predicted octanol–water partition coefficient (Wildman–Crippen LogP) is 3.96. The first kappa shape index (κ1) is 30.1. The number of nitrogens with zero attached hydrogens (tertiary/aromatic N) is 2. The molecular weight excluding hydrogens is 497 g/mol. The lowest BCUT2D eigenvalue weighted by atomic mass is 10.1. The highest BCUT2D eigenvalue weighted by molar-refractivity contribution is 7.92. The molecule has 0 saturated heterocycles. The third kappa shape index (κ3) is 9.03. The Bertz CT molecular complexity index is 1160. The first-order chi connectivity index (χ1) is 17.5. The zero-order valence-electron chi connectivity index (χ0n) is 22.2. The van der Waals surface area contributed by atoms with Crippen LogP contribution in [0.25, 0.3) is 0 Å².